The van der Waals surface area contributed by atoms with E-state index >= 15 is 0 Å². The van der Waals surface area contributed by atoms with E-state index in [0.717, 1.165) is 12.8 Å². The van der Waals surface area contributed by atoms with E-state index in [2.05, 4.69) is 5.32 Å². The second kappa shape index (κ2) is 7.98. The summed E-state index contributed by atoms with van der Waals surface area (Å²) >= 11 is 0. The highest BCUT2D eigenvalue weighted by atomic mass is 19.1. The van der Waals surface area contributed by atoms with Gasteiger partial charge in [-0.05, 0) is 49.1 Å². The highest BCUT2D eigenvalue weighted by molar-refractivity contribution is 5.99. The Bertz CT molecular complexity index is 941. The predicted octanol–water partition coefficient (Wildman–Crippen LogP) is 2.79. The van der Waals surface area contributed by atoms with Crippen molar-refractivity contribution >= 4 is 17.5 Å². The molecule has 0 unspecified atom stereocenters. The molecule has 1 fully saturated rings. The van der Waals surface area contributed by atoms with E-state index in [1.54, 1.807) is 23.1 Å². The maximum atomic E-state index is 13.4. The van der Waals surface area contributed by atoms with Crippen LogP contribution in [0.25, 0.3) is 0 Å². The molecule has 2 aromatic carbocycles. The van der Waals surface area contributed by atoms with E-state index in [-0.39, 0.29) is 30.1 Å². The van der Waals surface area contributed by atoms with Gasteiger partial charge in [-0.25, -0.2) is 4.39 Å². The number of nitrogens with zero attached hydrogens (tertiary/aromatic N) is 1. The number of para-hydroxylation sites is 1. The van der Waals surface area contributed by atoms with Crippen molar-refractivity contribution in [1.29, 1.82) is 0 Å². The van der Waals surface area contributed by atoms with Gasteiger partial charge in [-0.15, -0.1) is 0 Å². The van der Waals surface area contributed by atoms with Crippen LogP contribution in [0.5, 0.6) is 17.2 Å². The lowest BCUT2D eigenvalue weighted by Gasteiger charge is -2.32. The van der Waals surface area contributed by atoms with E-state index in [4.69, 9.17) is 9.47 Å². The number of phenolic OH excluding ortho intramolecular Hbond substituents is 1. The summed E-state index contributed by atoms with van der Waals surface area (Å²) < 4.78 is 24.2. The summed E-state index contributed by atoms with van der Waals surface area (Å²) in [5.41, 5.74) is 0.999. The first kappa shape index (κ1) is 19.0. The Morgan fingerprint density at radius 2 is 2.07 bits per heavy atom. The number of amides is 2. The molecule has 0 saturated carbocycles. The molecule has 2 N–H and O–H groups in total. The third-order valence-electron chi connectivity index (χ3n) is 5.19. The average molecular weight is 400 g/mol. The third-order valence-corrected chi connectivity index (χ3v) is 5.19. The van der Waals surface area contributed by atoms with Gasteiger partial charge >= 0.3 is 0 Å². The molecule has 8 heteroatoms. The van der Waals surface area contributed by atoms with Gasteiger partial charge in [-0.2, -0.15) is 0 Å². The minimum Gasteiger partial charge on any atom is -0.502 e. The van der Waals surface area contributed by atoms with Crippen molar-refractivity contribution in [3.63, 3.8) is 0 Å². The van der Waals surface area contributed by atoms with Crippen LogP contribution in [0.3, 0.4) is 0 Å². The van der Waals surface area contributed by atoms with Crippen molar-refractivity contribution in [2.45, 2.75) is 12.8 Å². The maximum Gasteiger partial charge on any atom is 0.262 e. The van der Waals surface area contributed by atoms with Crippen LogP contribution in [0, 0.1) is 11.7 Å². The zero-order valence-corrected chi connectivity index (χ0v) is 15.7. The van der Waals surface area contributed by atoms with Crippen LogP contribution in [0.4, 0.5) is 10.1 Å². The first-order valence-electron chi connectivity index (χ1n) is 9.47. The van der Waals surface area contributed by atoms with Crippen LogP contribution < -0.4 is 14.8 Å². The molecule has 7 nitrogen and oxygen atoms in total. The van der Waals surface area contributed by atoms with Gasteiger partial charge in [0.15, 0.2) is 23.9 Å². The number of piperidine rings is 1. The maximum absolute atomic E-state index is 13.4. The van der Waals surface area contributed by atoms with Crippen LogP contribution in [-0.2, 0) is 4.79 Å². The molecule has 0 radical (unpaired) electrons. The second-order valence-electron chi connectivity index (χ2n) is 7.18. The molecule has 152 valence electrons. The normalized spacial score (nSPS) is 16.6. The highest BCUT2D eigenvalue weighted by Crippen LogP contribution is 2.31. The van der Waals surface area contributed by atoms with Gasteiger partial charge in [-0.3, -0.25) is 9.59 Å². The van der Waals surface area contributed by atoms with Crippen LogP contribution in [0.2, 0.25) is 0 Å². The number of nitrogens with one attached hydrogen (secondary N) is 1. The fourth-order valence-corrected chi connectivity index (χ4v) is 3.52. The molecule has 29 heavy (non-hydrogen) atoms. The standard InChI is InChI=1S/C21H21FN2O5/c22-15-2-1-3-18(20(15)26)28-11-13-6-8-24(9-7-13)21(27)14-4-5-17-16(10-14)23-19(25)12-29-17/h1-5,10,13,26H,6-9,11-12H2,(H,23,25). The number of halogens is 1. The van der Waals surface area contributed by atoms with Gasteiger partial charge in [0.2, 0.25) is 0 Å². The number of carbonyl (C=O) groups is 2. The van der Waals surface area contributed by atoms with E-state index in [1.165, 1.54) is 18.2 Å². The molecule has 0 bridgehead atoms. The van der Waals surface area contributed by atoms with Crippen LogP contribution in [0.15, 0.2) is 36.4 Å². The Morgan fingerprint density at radius 3 is 2.86 bits per heavy atom. The van der Waals surface area contributed by atoms with Crippen molar-refractivity contribution in [2.75, 3.05) is 31.6 Å². The van der Waals surface area contributed by atoms with Gasteiger partial charge in [0.25, 0.3) is 11.8 Å². The zero-order valence-electron chi connectivity index (χ0n) is 15.7. The number of hydrogen-bond donors (Lipinski definition) is 2. The molecule has 0 aliphatic carbocycles. The molecular formula is C21H21FN2O5. The smallest absolute Gasteiger partial charge is 0.262 e. The molecule has 0 atom stereocenters. The van der Waals surface area contributed by atoms with Crippen LogP contribution in [0.1, 0.15) is 23.2 Å². The first-order valence-corrected chi connectivity index (χ1v) is 9.47. The summed E-state index contributed by atoms with van der Waals surface area (Å²) in [4.78, 5) is 26.0. The van der Waals surface area contributed by atoms with Gasteiger partial charge in [0.05, 0.1) is 12.3 Å². The number of aromatic hydroxyl groups is 1. The zero-order chi connectivity index (χ0) is 20.4. The van der Waals surface area contributed by atoms with Crippen molar-refractivity contribution < 1.29 is 28.6 Å². The fraction of sp³-hybridized carbons (Fsp3) is 0.333. The SMILES string of the molecule is O=C1COc2ccc(C(=O)N3CCC(COc4cccc(F)c4O)CC3)cc2N1. The molecule has 2 aromatic rings. The second-order valence-corrected chi connectivity index (χ2v) is 7.18. The van der Waals surface area contributed by atoms with E-state index in [1.807, 2.05) is 0 Å². The molecule has 2 amide bonds. The molecule has 2 aliphatic heterocycles. The summed E-state index contributed by atoms with van der Waals surface area (Å²) in [6, 6.07) is 9.20. The lowest BCUT2D eigenvalue weighted by Crippen LogP contribution is -2.39. The fourth-order valence-electron chi connectivity index (χ4n) is 3.52. The minimum absolute atomic E-state index is 0.0245. The molecule has 0 aromatic heterocycles. The number of fused-ring (bicyclic) bond motifs is 1. The molecule has 4 rings (SSSR count). The Balaban J connectivity index is 1.32. The van der Waals surface area contributed by atoms with Crippen molar-refractivity contribution in [3.05, 3.63) is 47.8 Å². The predicted molar refractivity (Wildman–Crippen MR) is 103 cm³/mol. The minimum atomic E-state index is -0.713. The van der Waals surface area contributed by atoms with Gasteiger partial charge in [-0.1, -0.05) is 6.07 Å². The van der Waals surface area contributed by atoms with Crippen molar-refractivity contribution in [2.24, 2.45) is 5.92 Å². The lowest BCUT2D eigenvalue weighted by molar-refractivity contribution is -0.118. The van der Waals surface area contributed by atoms with Crippen LogP contribution >= 0.6 is 0 Å². The molecule has 1 saturated heterocycles. The van der Waals surface area contributed by atoms with Crippen molar-refractivity contribution in [3.8, 4) is 17.2 Å². The lowest BCUT2D eigenvalue weighted by atomic mass is 9.97. The molecular weight excluding hydrogens is 379 g/mol. The van der Waals surface area contributed by atoms with Gasteiger partial charge in [0.1, 0.15) is 5.75 Å². The number of likely N-dealkylation sites (tertiary alicyclic amines) is 1. The molecule has 2 aliphatic rings. The first-order chi connectivity index (χ1) is 14.0. The van der Waals surface area contributed by atoms with E-state index in [9.17, 15) is 19.1 Å². The monoisotopic (exact) mass is 400 g/mol. The summed E-state index contributed by atoms with van der Waals surface area (Å²) in [7, 11) is 0. The largest absolute Gasteiger partial charge is 0.502 e. The summed E-state index contributed by atoms with van der Waals surface area (Å²) in [6.45, 7) is 1.47. The highest BCUT2D eigenvalue weighted by Gasteiger charge is 2.26. The molecule has 0 spiro atoms. The summed E-state index contributed by atoms with van der Waals surface area (Å²) in [6.07, 6.45) is 1.49. The Kier molecular flexibility index (Phi) is 5.24. The number of carbonyl (C=O) groups excluding carboxylic acids is 2. The number of hydrogen-bond acceptors (Lipinski definition) is 5. The number of rotatable bonds is 4. The van der Waals surface area contributed by atoms with E-state index < -0.39 is 11.6 Å². The van der Waals surface area contributed by atoms with E-state index in [0.29, 0.717) is 36.7 Å². The number of anilines is 1. The number of benzene rings is 2. The third kappa shape index (κ3) is 4.11. The Hall–Kier alpha value is -3.29. The van der Waals surface area contributed by atoms with Crippen molar-refractivity contribution in [1.82, 2.24) is 4.90 Å². The van der Waals surface area contributed by atoms with Crippen LogP contribution in [-0.4, -0.2) is 48.1 Å². The Morgan fingerprint density at radius 1 is 1.28 bits per heavy atom. The summed E-state index contributed by atoms with van der Waals surface area (Å²) in [5.74, 6) is -0.655. The number of phenols is 1. The summed E-state index contributed by atoms with van der Waals surface area (Å²) in [5, 5.41) is 12.4. The topological polar surface area (TPSA) is 88.1 Å². The molecule has 2 heterocycles. The van der Waals surface area contributed by atoms with Gasteiger partial charge in [0, 0.05) is 18.7 Å². The quantitative estimate of drug-likeness (QED) is 0.824. The average Bonchev–Trinajstić information content (AvgIpc) is 2.74. The number of ether oxygens (including phenoxy) is 2. The Labute approximate surface area is 167 Å². The van der Waals surface area contributed by atoms with Gasteiger partial charge < -0.3 is 24.8 Å².